The molecule has 1 aromatic heterocycles. The fourth-order valence-electron chi connectivity index (χ4n) is 4.80. The maximum Gasteiger partial charge on any atom is 0.276 e. The van der Waals surface area contributed by atoms with Crippen molar-refractivity contribution in [2.75, 3.05) is 12.4 Å². The molecule has 2 aliphatic rings. The van der Waals surface area contributed by atoms with Crippen LogP contribution in [0.25, 0.3) is 0 Å². The number of hydrogen-bond donors (Lipinski definition) is 2. The van der Waals surface area contributed by atoms with Crippen molar-refractivity contribution in [2.45, 2.75) is 51.4 Å². The zero-order valence-corrected chi connectivity index (χ0v) is 20.9. The van der Waals surface area contributed by atoms with E-state index in [9.17, 15) is 18.8 Å². The zero-order valence-electron chi connectivity index (χ0n) is 20.9. The summed E-state index contributed by atoms with van der Waals surface area (Å²) in [4.78, 5) is 46.3. The molecule has 1 fully saturated rings. The second kappa shape index (κ2) is 9.34. The van der Waals surface area contributed by atoms with Crippen LogP contribution in [0.3, 0.4) is 0 Å². The number of nitrogens with zero attached hydrogens (tertiary/aromatic N) is 3. The summed E-state index contributed by atoms with van der Waals surface area (Å²) < 4.78 is 20.1. The van der Waals surface area contributed by atoms with E-state index in [2.05, 4.69) is 15.6 Å². The second-order valence-corrected chi connectivity index (χ2v) is 9.72. The lowest BCUT2D eigenvalue weighted by Gasteiger charge is -2.44. The van der Waals surface area contributed by atoms with Gasteiger partial charge < -0.3 is 24.8 Å². The number of benzene rings is 2. The number of rotatable bonds is 7. The van der Waals surface area contributed by atoms with Crippen molar-refractivity contribution in [1.82, 2.24) is 19.8 Å². The number of aryl methyl sites for hydroxylation is 1. The maximum absolute atomic E-state index is 13.8. The van der Waals surface area contributed by atoms with Crippen molar-refractivity contribution in [3.05, 3.63) is 77.1 Å². The Labute approximate surface area is 213 Å². The summed E-state index contributed by atoms with van der Waals surface area (Å²) in [7, 11) is 1.51. The van der Waals surface area contributed by atoms with E-state index in [1.807, 2.05) is 13.0 Å². The number of fused-ring (bicyclic) bond motifs is 1. The predicted octanol–water partition coefficient (Wildman–Crippen LogP) is 3.28. The van der Waals surface area contributed by atoms with Gasteiger partial charge in [-0.15, -0.1) is 0 Å². The molecule has 0 spiro atoms. The molecule has 10 heteroatoms. The molecule has 0 bridgehead atoms. The highest BCUT2D eigenvalue weighted by molar-refractivity contribution is 6.12. The van der Waals surface area contributed by atoms with Gasteiger partial charge in [0, 0.05) is 12.6 Å². The molecule has 3 amide bonds. The van der Waals surface area contributed by atoms with Crippen molar-refractivity contribution in [1.29, 1.82) is 0 Å². The van der Waals surface area contributed by atoms with Crippen LogP contribution in [0.5, 0.6) is 5.75 Å². The van der Waals surface area contributed by atoms with Crippen LogP contribution in [0, 0.1) is 12.7 Å². The van der Waals surface area contributed by atoms with E-state index in [-0.39, 0.29) is 42.2 Å². The molecule has 3 aromatic rings. The summed E-state index contributed by atoms with van der Waals surface area (Å²) in [6, 6.07) is 11.2. The van der Waals surface area contributed by atoms with Gasteiger partial charge in [-0.1, -0.05) is 18.2 Å². The van der Waals surface area contributed by atoms with Crippen LogP contribution < -0.4 is 15.4 Å². The van der Waals surface area contributed by atoms with E-state index < -0.39 is 17.4 Å². The number of ether oxygens (including phenoxy) is 1. The smallest absolute Gasteiger partial charge is 0.276 e. The molecule has 192 valence electrons. The number of imidazole rings is 1. The van der Waals surface area contributed by atoms with Crippen LogP contribution in [-0.2, 0) is 17.9 Å². The number of methoxy groups -OCH3 is 1. The summed E-state index contributed by atoms with van der Waals surface area (Å²) in [5.74, 6) is -1.14. The lowest BCUT2D eigenvalue weighted by molar-refractivity contribution is -0.133. The minimum atomic E-state index is -1.18. The predicted molar refractivity (Wildman–Crippen MR) is 134 cm³/mol. The normalized spacial score (nSPS) is 18.8. The van der Waals surface area contributed by atoms with Crippen molar-refractivity contribution in [3.63, 3.8) is 0 Å². The van der Waals surface area contributed by atoms with Crippen molar-refractivity contribution >= 4 is 23.4 Å². The van der Waals surface area contributed by atoms with E-state index in [1.54, 1.807) is 40.7 Å². The summed E-state index contributed by atoms with van der Waals surface area (Å²) in [5.41, 5.74) is 1.11. The number of aromatic nitrogens is 2. The molecule has 0 radical (unpaired) electrons. The van der Waals surface area contributed by atoms with Gasteiger partial charge in [0.05, 0.1) is 25.7 Å². The second-order valence-electron chi connectivity index (χ2n) is 9.72. The summed E-state index contributed by atoms with van der Waals surface area (Å²) >= 11 is 0. The first-order chi connectivity index (χ1) is 17.7. The molecule has 2 aromatic carbocycles. The molecule has 9 nitrogen and oxygen atoms in total. The van der Waals surface area contributed by atoms with Gasteiger partial charge in [-0.3, -0.25) is 14.4 Å². The first kappa shape index (κ1) is 24.5. The van der Waals surface area contributed by atoms with Gasteiger partial charge in [-0.05, 0) is 62.1 Å². The monoisotopic (exact) mass is 505 g/mol. The SMILES string of the molecule is COc1ccc(C)cc1NC(=O)c1ncn2c1C(=O)N(C1CC1)[C@@](C)(C(=O)NCc1ccc(F)cc1)C2. The first-order valence-corrected chi connectivity index (χ1v) is 12.1. The van der Waals surface area contributed by atoms with Crippen molar-refractivity contribution in [3.8, 4) is 5.75 Å². The molecule has 1 saturated carbocycles. The standard InChI is InChI=1S/C27H28FN5O4/c1-16-4-11-21(37-3)20(12-16)31-24(34)22-23-25(35)33(19-9-10-19)27(2,14-32(23)15-30-22)26(36)29-13-17-5-7-18(28)8-6-17/h4-8,11-12,15,19H,9-10,13-14H2,1-3H3,(H,29,36)(H,31,34)/t27-/m1/s1. The fourth-order valence-corrected chi connectivity index (χ4v) is 4.80. The van der Waals surface area contributed by atoms with Crippen molar-refractivity contribution < 1.29 is 23.5 Å². The van der Waals surface area contributed by atoms with E-state index in [4.69, 9.17) is 4.74 Å². The first-order valence-electron chi connectivity index (χ1n) is 12.1. The van der Waals surface area contributed by atoms with Crippen molar-refractivity contribution in [2.24, 2.45) is 0 Å². The van der Waals surface area contributed by atoms with Gasteiger partial charge in [0.2, 0.25) is 5.91 Å². The highest BCUT2D eigenvalue weighted by Crippen LogP contribution is 2.39. The summed E-state index contributed by atoms with van der Waals surface area (Å²) in [6.07, 6.45) is 2.98. The minimum absolute atomic E-state index is 0.00650. The third kappa shape index (κ3) is 4.54. The van der Waals surface area contributed by atoms with Gasteiger partial charge in [0.25, 0.3) is 11.8 Å². The van der Waals surface area contributed by atoms with Gasteiger partial charge in [0.15, 0.2) is 5.69 Å². The quantitative estimate of drug-likeness (QED) is 0.513. The molecule has 2 heterocycles. The Hall–Kier alpha value is -4.21. The van der Waals surface area contributed by atoms with E-state index in [0.29, 0.717) is 11.4 Å². The number of hydrogen-bond acceptors (Lipinski definition) is 5. The molecule has 0 unspecified atom stereocenters. The van der Waals surface area contributed by atoms with Crippen LogP contribution in [0.15, 0.2) is 48.8 Å². The molecule has 5 rings (SSSR count). The summed E-state index contributed by atoms with van der Waals surface area (Å²) in [6.45, 7) is 3.97. The third-order valence-electron chi connectivity index (χ3n) is 6.85. The largest absolute Gasteiger partial charge is 0.495 e. The number of anilines is 1. The Bertz CT molecular complexity index is 1380. The number of halogens is 1. The average Bonchev–Trinajstić information content (AvgIpc) is 3.61. The van der Waals surface area contributed by atoms with E-state index >= 15 is 0 Å². The van der Waals surface area contributed by atoms with Crippen LogP contribution >= 0.6 is 0 Å². The zero-order chi connectivity index (χ0) is 26.3. The molecular formula is C27H28FN5O4. The topological polar surface area (TPSA) is 106 Å². The highest BCUT2D eigenvalue weighted by atomic mass is 19.1. The number of carbonyl (C=O) groups excluding carboxylic acids is 3. The van der Waals surface area contributed by atoms with Gasteiger partial charge in [0.1, 0.15) is 22.8 Å². The number of amides is 3. The van der Waals surface area contributed by atoms with Crippen LogP contribution in [0.2, 0.25) is 0 Å². The Kier molecular flexibility index (Phi) is 6.18. The molecule has 0 saturated heterocycles. The van der Waals surface area contributed by atoms with Gasteiger partial charge in [-0.25, -0.2) is 9.37 Å². The van der Waals surface area contributed by atoms with E-state index in [1.165, 1.54) is 25.6 Å². The molecular weight excluding hydrogens is 477 g/mol. The van der Waals surface area contributed by atoms with Crippen LogP contribution in [0.1, 0.15) is 51.9 Å². The molecule has 1 aliphatic heterocycles. The molecule has 1 aliphatic carbocycles. The molecule has 2 N–H and O–H groups in total. The Morgan fingerprint density at radius 2 is 1.92 bits per heavy atom. The lowest BCUT2D eigenvalue weighted by atomic mass is 9.93. The summed E-state index contributed by atoms with van der Waals surface area (Å²) in [5, 5.41) is 5.70. The average molecular weight is 506 g/mol. The molecule has 1 atom stereocenters. The Balaban J connectivity index is 1.41. The number of nitrogens with one attached hydrogen (secondary N) is 2. The third-order valence-corrected chi connectivity index (χ3v) is 6.85. The van der Waals surface area contributed by atoms with Gasteiger partial charge >= 0.3 is 0 Å². The van der Waals surface area contributed by atoms with E-state index in [0.717, 1.165) is 24.0 Å². The molecule has 37 heavy (non-hydrogen) atoms. The maximum atomic E-state index is 13.8. The minimum Gasteiger partial charge on any atom is -0.495 e. The van der Waals surface area contributed by atoms with Crippen LogP contribution in [-0.4, -0.2) is 50.9 Å². The Morgan fingerprint density at radius 1 is 1.19 bits per heavy atom. The van der Waals surface area contributed by atoms with Crippen LogP contribution in [0.4, 0.5) is 10.1 Å². The number of carbonyl (C=O) groups is 3. The highest BCUT2D eigenvalue weighted by Gasteiger charge is 2.53. The lowest BCUT2D eigenvalue weighted by Crippen LogP contribution is -2.64. The van der Waals surface area contributed by atoms with Gasteiger partial charge in [-0.2, -0.15) is 0 Å². The Morgan fingerprint density at radius 3 is 2.59 bits per heavy atom. The fraction of sp³-hybridized carbons (Fsp3) is 0.333.